The molecule has 0 saturated carbocycles. The Morgan fingerprint density at radius 3 is 2.57 bits per heavy atom. The van der Waals surface area contributed by atoms with Gasteiger partial charge in [-0.3, -0.25) is 9.69 Å². The number of nitrogens with zero attached hydrogens (tertiary/aromatic N) is 2. The van der Waals surface area contributed by atoms with Crippen LogP contribution in [0.4, 0.5) is 0 Å². The summed E-state index contributed by atoms with van der Waals surface area (Å²) in [5.74, 6) is 0.290. The van der Waals surface area contributed by atoms with E-state index >= 15 is 0 Å². The molecule has 0 amide bonds. The SMILES string of the molecule is COC(=O)C(C1CCN(C)C1)N(C)C. The minimum absolute atomic E-state index is 0.0926. The van der Waals surface area contributed by atoms with Crippen molar-refractivity contribution >= 4 is 5.97 Å². The van der Waals surface area contributed by atoms with Gasteiger partial charge in [0.2, 0.25) is 0 Å². The van der Waals surface area contributed by atoms with Crippen LogP contribution >= 0.6 is 0 Å². The lowest BCUT2D eigenvalue weighted by Gasteiger charge is -2.27. The van der Waals surface area contributed by atoms with Gasteiger partial charge in [0.15, 0.2) is 0 Å². The summed E-state index contributed by atoms with van der Waals surface area (Å²) >= 11 is 0. The first kappa shape index (κ1) is 11.5. The van der Waals surface area contributed by atoms with Crippen molar-refractivity contribution in [2.75, 3.05) is 41.3 Å². The summed E-state index contributed by atoms with van der Waals surface area (Å²) in [7, 11) is 7.40. The van der Waals surface area contributed by atoms with E-state index in [1.807, 2.05) is 19.0 Å². The van der Waals surface area contributed by atoms with Gasteiger partial charge in [-0.1, -0.05) is 0 Å². The number of hydrogen-bond acceptors (Lipinski definition) is 4. The third kappa shape index (κ3) is 2.45. The highest BCUT2D eigenvalue weighted by Gasteiger charge is 2.34. The number of carbonyl (C=O) groups is 1. The Hall–Kier alpha value is -0.610. The van der Waals surface area contributed by atoms with Gasteiger partial charge < -0.3 is 9.64 Å². The molecule has 14 heavy (non-hydrogen) atoms. The molecule has 0 aliphatic carbocycles. The van der Waals surface area contributed by atoms with Gasteiger partial charge in [0.25, 0.3) is 0 Å². The zero-order valence-corrected chi connectivity index (χ0v) is 9.49. The predicted molar refractivity (Wildman–Crippen MR) is 55.1 cm³/mol. The minimum Gasteiger partial charge on any atom is -0.468 e. The third-order valence-corrected chi connectivity index (χ3v) is 2.87. The van der Waals surface area contributed by atoms with Crippen LogP contribution < -0.4 is 0 Å². The van der Waals surface area contributed by atoms with E-state index in [9.17, 15) is 4.79 Å². The number of likely N-dealkylation sites (N-methyl/N-ethyl adjacent to an activating group) is 1. The average Bonchev–Trinajstić information content (AvgIpc) is 2.51. The van der Waals surface area contributed by atoms with Crippen molar-refractivity contribution in [3.05, 3.63) is 0 Å². The summed E-state index contributed by atoms with van der Waals surface area (Å²) in [4.78, 5) is 15.8. The Balaban J connectivity index is 2.63. The first-order chi connectivity index (χ1) is 6.56. The van der Waals surface area contributed by atoms with Crippen LogP contribution in [0.5, 0.6) is 0 Å². The quantitative estimate of drug-likeness (QED) is 0.602. The summed E-state index contributed by atoms with van der Waals surface area (Å²) in [6, 6.07) is -0.0926. The lowest BCUT2D eigenvalue weighted by atomic mass is 9.98. The van der Waals surface area contributed by atoms with Crippen molar-refractivity contribution in [2.24, 2.45) is 5.92 Å². The summed E-state index contributed by atoms with van der Waals surface area (Å²) < 4.78 is 4.82. The monoisotopic (exact) mass is 200 g/mol. The second-order valence-electron chi connectivity index (χ2n) is 4.24. The molecule has 1 aliphatic rings. The Labute approximate surface area is 85.8 Å². The fourth-order valence-electron chi connectivity index (χ4n) is 2.17. The molecule has 2 atom stereocenters. The van der Waals surface area contributed by atoms with E-state index in [1.54, 1.807) is 0 Å². The van der Waals surface area contributed by atoms with E-state index in [-0.39, 0.29) is 12.0 Å². The average molecular weight is 200 g/mol. The Morgan fingerprint density at radius 2 is 2.21 bits per heavy atom. The van der Waals surface area contributed by atoms with Gasteiger partial charge in [-0.15, -0.1) is 0 Å². The summed E-state index contributed by atoms with van der Waals surface area (Å²) in [6.45, 7) is 2.06. The number of esters is 1. The summed E-state index contributed by atoms with van der Waals surface area (Å²) in [5, 5.41) is 0. The molecule has 0 N–H and O–H groups in total. The normalized spacial score (nSPS) is 25.4. The Bertz CT molecular complexity index is 206. The van der Waals surface area contributed by atoms with Gasteiger partial charge in [0.1, 0.15) is 6.04 Å². The van der Waals surface area contributed by atoms with Gasteiger partial charge in [-0.25, -0.2) is 0 Å². The van der Waals surface area contributed by atoms with Gasteiger partial charge in [0.05, 0.1) is 7.11 Å². The molecule has 0 aromatic carbocycles. The lowest BCUT2D eigenvalue weighted by molar-refractivity contribution is -0.147. The van der Waals surface area contributed by atoms with Crippen molar-refractivity contribution in [1.82, 2.24) is 9.80 Å². The second kappa shape index (κ2) is 4.75. The smallest absolute Gasteiger partial charge is 0.323 e. The number of likely N-dealkylation sites (tertiary alicyclic amines) is 1. The van der Waals surface area contributed by atoms with E-state index in [4.69, 9.17) is 4.74 Å². The largest absolute Gasteiger partial charge is 0.468 e. The van der Waals surface area contributed by atoms with Crippen LogP contribution in [0.2, 0.25) is 0 Å². The van der Waals surface area contributed by atoms with Gasteiger partial charge in [-0.2, -0.15) is 0 Å². The molecule has 1 aliphatic heterocycles. The predicted octanol–water partition coefficient (Wildman–Crippen LogP) is 0.0413. The molecule has 4 heteroatoms. The first-order valence-electron chi connectivity index (χ1n) is 4.99. The molecule has 1 rings (SSSR count). The van der Waals surface area contributed by atoms with Crippen molar-refractivity contribution in [3.63, 3.8) is 0 Å². The highest BCUT2D eigenvalue weighted by Crippen LogP contribution is 2.21. The van der Waals surface area contributed by atoms with Crippen molar-refractivity contribution in [3.8, 4) is 0 Å². The van der Waals surface area contributed by atoms with Crippen LogP contribution in [-0.2, 0) is 9.53 Å². The van der Waals surface area contributed by atoms with E-state index in [0.29, 0.717) is 5.92 Å². The maximum absolute atomic E-state index is 11.6. The van der Waals surface area contributed by atoms with Gasteiger partial charge >= 0.3 is 5.97 Å². The van der Waals surface area contributed by atoms with Crippen LogP contribution in [0.1, 0.15) is 6.42 Å². The van der Waals surface area contributed by atoms with Gasteiger partial charge in [-0.05, 0) is 40.0 Å². The number of methoxy groups -OCH3 is 1. The molecule has 4 nitrogen and oxygen atoms in total. The number of hydrogen-bond donors (Lipinski definition) is 0. The third-order valence-electron chi connectivity index (χ3n) is 2.87. The van der Waals surface area contributed by atoms with Crippen molar-refractivity contribution in [2.45, 2.75) is 12.5 Å². The fourth-order valence-corrected chi connectivity index (χ4v) is 2.17. The van der Waals surface area contributed by atoms with Crippen LogP contribution in [0, 0.1) is 5.92 Å². The second-order valence-corrected chi connectivity index (χ2v) is 4.24. The Kier molecular flexibility index (Phi) is 3.89. The molecule has 82 valence electrons. The zero-order valence-electron chi connectivity index (χ0n) is 9.49. The molecule has 0 spiro atoms. The number of ether oxygens (including phenoxy) is 1. The summed E-state index contributed by atoms with van der Waals surface area (Å²) in [6.07, 6.45) is 1.08. The molecule has 0 aromatic heterocycles. The van der Waals surface area contributed by atoms with E-state index < -0.39 is 0 Å². The van der Waals surface area contributed by atoms with E-state index in [1.165, 1.54) is 7.11 Å². The number of rotatable bonds is 3. The Morgan fingerprint density at radius 1 is 1.57 bits per heavy atom. The molecule has 1 heterocycles. The van der Waals surface area contributed by atoms with Crippen molar-refractivity contribution < 1.29 is 9.53 Å². The minimum atomic E-state index is -0.115. The highest BCUT2D eigenvalue weighted by molar-refractivity contribution is 5.76. The molecular weight excluding hydrogens is 180 g/mol. The molecular formula is C10H20N2O2. The van der Waals surface area contributed by atoms with E-state index in [0.717, 1.165) is 19.5 Å². The number of carbonyl (C=O) groups excluding carboxylic acids is 1. The molecule has 0 bridgehead atoms. The topological polar surface area (TPSA) is 32.8 Å². The maximum atomic E-state index is 11.6. The molecule has 0 radical (unpaired) electrons. The molecule has 1 fully saturated rings. The van der Waals surface area contributed by atoms with Gasteiger partial charge in [0, 0.05) is 6.54 Å². The highest BCUT2D eigenvalue weighted by atomic mass is 16.5. The van der Waals surface area contributed by atoms with Crippen LogP contribution in [0.15, 0.2) is 0 Å². The fraction of sp³-hybridized carbons (Fsp3) is 0.900. The maximum Gasteiger partial charge on any atom is 0.323 e. The molecule has 2 unspecified atom stereocenters. The van der Waals surface area contributed by atoms with Crippen LogP contribution in [-0.4, -0.2) is 63.2 Å². The first-order valence-corrected chi connectivity index (χ1v) is 4.99. The summed E-state index contributed by atoms with van der Waals surface area (Å²) in [5.41, 5.74) is 0. The standard InChI is InChI=1S/C10H20N2O2/c1-11(2)9(10(13)14-4)8-5-6-12(3)7-8/h8-9H,5-7H2,1-4H3. The zero-order chi connectivity index (χ0) is 10.7. The molecule has 1 saturated heterocycles. The van der Waals surface area contributed by atoms with E-state index in [2.05, 4.69) is 11.9 Å². The van der Waals surface area contributed by atoms with Crippen LogP contribution in [0.3, 0.4) is 0 Å². The van der Waals surface area contributed by atoms with Crippen LogP contribution in [0.25, 0.3) is 0 Å². The molecule has 0 aromatic rings. The lowest BCUT2D eigenvalue weighted by Crippen LogP contribution is -2.43. The van der Waals surface area contributed by atoms with Crippen molar-refractivity contribution in [1.29, 1.82) is 0 Å².